The molecule has 4 aliphatic rings. The summed E-state index contributed by atoms with van der Waals surface area (Å²) in [4.78, 5) is 52.9. The minimum absolute atomic E-state index is 0.0310. The van der Waals surface area contributed by atoms with Gasteiger partial charge < -0.3 is 33.9 Å². The summed E-state index contributed by atoms with van der Waals surface area (Å²) in [7, 11) is 0. The maximum atomic E-state index is 14.0. The van der Waals surface area contributed by atoms with Crippen molar-refractivity contribution in [3.05, 3.63) is 0 Å². The van der Waals surface area contributed by atoms with Crippen LogP contribution in [-0.2, 0) is 42.9 Å². The second-order valence-corrected chi connectivity index (χ2v) is 15.6. The van der Waals surface area contributed by atoms with Crippen LogP contribution in [0, 0.1) is 34.5 Å². The molecule has 2 N–H and O–H groups in total. The number of esters is 2. The molecule has 4 fully saturated rings. The molecule has 2 saturated heterocycles. The minimum atomic E-state index is -1.17. The highest BCUT2D eigenvalue weighted by atomic mass is 16.6. The highest BCUT2D eigenvalue weighted by molar-refractivity contribution is 5.86. The summed E-state index contributed by atoms with van der Waals surface area (Å²) in [6.07, 6.45) is 8.23. The van der Waals surface area contributed by atoms with Crippen molar-refractivity contribution in [1.29, 1.82) is 0 Å². The normalized spacial score (nSPS) is 34.0. The van der Waals surface area contributed by atoms with Crippen molar-refractivity contribution in [2.75, 3.05) is 13.2 Å². The Balaban J connectivity index is 1.37. The molecule has 280 valence electrons. The fourth-order valence-electron chi connectivity index (χ4n) is 8.73. The van der Waals surface area contributed by atoms with Gasteiger partial charge in [-0.3, -0.25) is 19.2 Å². The van der Waals surface area contributed by atoms with Crippen molar-refractivity contribution in [2.45, 2.75) is 168 Å². The maximum absolute atomic E-state index is 14.0. The molecule has 11 nitrogen and oxygen atoms in total. The van der Waals surface area contributed by atoms with Crippen LogP contribution < -0.4 is 0 Å². The molecule has 49 heavy (non-hydrogen) atoms. The van der Waals surface area contributed by atoms with Gasteiger partial charge in [0, 0.05) is 0 Å². The molecule has 2 heterocycles. The zero-order chi connectivity index (χ0) is 35.9. The number of hydrogen-bond acceptors (Lipinski definition) is 9. The standard InChI is InChI=1S/C38H62O11/c1-7-11-13-25(9-3)17-37(19-31-29(48-31)15-27(37)33(39)40)35(43)46-21-23(5)45-22-24(6)47-36(44)38(18-26(10-4)14-12-8-2)20-32-30(49-32)16-28(38)34(41)42/h23-32H,7-22H2,1-6H3,(H,39,40)(H,41,42). The number of carbonyl (C=O) groups excluding carboxylic acids is 2. The van der Waals surface area contributed by atoms with Crippen molar-refractivity contribution in [2.24, 2.45) is 34.5 Å². The number of hydrogen-bond donors (Lipinski definition) is 2. The molecule has 2 aliphatic carbocycles. The molecule has 0 spiro atoms. The van der Waals surface area contributed by atoms with Crippen molar-refractivity contribution in [1.82, 2.24) is 0 Å². The number of ether oxygens (including phenoxy) is 5. The van der Waals surface area contributed by atoms with Gasteiger partial charge in [-0.05, 0) is 64.2 Å². The molecule has 12 unspecified atom stereocenters. The number of aliphatic carboxylic acids is 2. The molecular weight excluding hydrogens is 632 g/mol. The van der Waals surface area contributed by atoms with Gasteiger partial charge >= 0.3 is 23.9 Å². The Morgan fingerprint density at radius 3 is 1.59 bits per heavy atom. The number of unbranched alkanes of at least 4 members (excludes halogenated alkanes) is 2. The zero-order valence-corrected chi connectivity index (χ0v) is 30.7. The van der Waals surface area contributed by atoms with Crippen LogP contribution in [0.25, 0.3) is 0 Å². The van der Waals surface area contributed by atoms with Gasteiger partial charge in [0.2, 0.25) is 0 Å². The van der Waals surface area contributed by atoms with Crippen LogP contribution in [0.1, 0.15) is 131 Å². The molecule has 0 aromatic rings. The number of carboxylic acids is 2. The summed E-state index contributed by atoms with van der Waals surface area (Å²) in [5.41, 5.74) is -2.33. The number of carboxylic acid groups (broad SMARTS) is 2. The average molecular weight is 695 g/mol. The van der Waals surface area contributed by atoms with E-state index in [1.807, 2.05) is 0 Å². The summed E-state index contributed by atoms with van der Waals surface area (Å²) >= 11 is 0. The SMILES string of the molecule is CCCCC(CC)CC1(C(=O)OCC(C)OCC(C)OC(=O)C2(CC(CC)CCCC)CC3OC3CC2C(=O)O)CC2OC2CC1C(=O)O. The maximum Gasteiger partial charge on any atom is 0.313 e. The van der Waals surface area contributed by atoms with Crippen LogP contribution in [-0.4, -0.2) is 83.9 Å². The summed E-state index contributed by atoms with van der Waals surface area (Å²) in [5.74, 6) is -4.33. The lowest BCUT2D eigenvalue weighted by Gasteiger charge is -2.41. The van der Waals surface area contributed by atoms with E-state index in [1.54, 1.807) is 13.8 Å². The van der Waals surface area contributed by atoms with Gasteiger partial charge in [-0.15, -0.1) is 0 Å². The Morgan fingerprint density at radius 2 is 1.16 bits per heavy atom. The molecule has 12 atom stereocenters. The summed E-state index contributed by atoms with van der Waals surface area (Å²) in [5, 5.41) is 20.5. The van der Waals surface area contributed by atoms with Crippen molar-refractivity contribution < 1.29 is 53.1 Å². The quantitative estimate of drug-likeness (QED) is 0.0931. The Kier molecular flexibility index (Phi) is 14.0. The lowest BCUT2D eigenvalue weighted by molar-refractivity contribution is -0.180. The minimum Gasteiger partial charge on any atom is -0.481 e. The van der Waals surface area contributed by atoms with E-state index in [2.05, 4.69) is 27.7 Å². The smallest absolute Gasteiger partial charge is 0.313 e. The molecule has 0 amide bonds. The third kappa shape index (κ3) is 9.56. The average Bonchev–Trinajstić information content (AvgIpc) is 4.00. The molecule has 0 radical (unpaired) electrons. The van der Waals surface area contributed by atoms with E-state index in [-0.39, 0.29) is 49.5 Å². The van der Waals surface area contributed by atoms with E-state index in [0.717, 1.165) is 51.4 Å². The second-order valence-electron chi connectivity index (χ2n) is 15.6. The van der Waals surface area contributed by atoms with Crippen LogP contribution in [0.2, 0.25) is 0 Å². The Labute approximate surface area is 292 Å². The van der Waals surface area contributed by atoms with E-state index in [9.17, 15) is 29.4 Å². The van der Waals surface area contributed by atoms with Crippen LogP contribution >= 0.6 is 0 Å². The molecule has 2 saturated carbocycles. The van der Waals surface area contributed by atoms with Gasteiger partial charge in [-0.1, -0.05) is 79.1 Å². The van der Waals surface area contributed by atoms with Crippen LogP contribution in [0.3, 0.4) is 0 Å². The van der Waals surface area contributed by atoms with Crippen molar-refractivity contribution in [3.8, 4) is 0 Å². The summed E-state index contributed by atoms with van der Waals surface area (Å²) in [6.45, 7) is 11.8. The van der Waals surface area contributed by atoms with Crippen molar-refractivity contribution in [3.63, 3.8) is 0 Å². The van der Waals surface area contributed by atoms with Gasteiger partial charge in [-0.25, -0.2) is 0 Å². The van der Waals surface area contributed by atoms with Crippen LogP contribution in [0.15, 0.2) is 0 Å². The molecule has 2 aliphatic heterocycles. The lowest BCUT2D eigenvalue weighted by atomic mass is 9.61. The Bertz CT molecular complexity index is 1140. The number of fused-ring (bicyclic) bond motifs is 2. The van der Waals surface area contributed by atoms with Gasteiger partial charge in [0.25, 0.3) is 0 Å². The Morgan fingerprint density at radius 1 is 0.694 bits per heavy atom. The molecule has 0 bridgehead atoms. The van der Waals surface area contributed by atoms with E-state index in [0.29, 0.717) is 38.5 Å². The first kappa shape index (κ1) is 39.5. The third-order valence-electron chi connectivity index (χ3n) is 12.0. The number of carbonyl (C=O) groups is 4. The summed E-state index contributed by atoms with van der Waals surface area (Å²) in [6, 6.07) is 0. The first-order valence-electron chi connectivity index (χ1n) is 19.1. The fraction of sp³-hybridized carbons (Fsp3) is 0.895. The van der Waals surface area contributed by atoms with Gasteiger partial charge in [0.15, 0.2) is 0 Å². The molecule has 4 rings (SSSR count). The highest BCUT2D eigenvalue weighted by Gasteiger charge is 2.63. The number of epoxide rings is 2. The molecular formula is C38H62O11. The first-order valence-corrected chi connectivity index (χ1v) is 19.1. The molecule has 11 heteroatoms. The van der Waals surface area contributed by atoms with Crippen LogP contribution in [0.5, 0.6) is 0 Å². The lowest BCUT2D eigenvalue weighted by Crippen LogP contribution is -2.50. The predicted octanol–water partition coefficient (Wildman–Crippen LogP) is 6.58. The van der Waals surface area contributed by atoms with Gasteiger partial charge in [0.1, 0.15) is 12.7 Å². The van der Waals surface area contributed by atoms with E-state index < -0.39 is 58.8 Å². The second kappa shape index (κ2) is 17.3. The largest absolute Gasteiger partial charge is 0.481 e. The molecule has 0 aromatic carbocycles. The topological polar surface area (TPSA) is 161 Å². The highest BCUT2D eigenvalue weighted by Crippen LogP contribution is 2.56. The monoisotopic (exact) mass is 694 g/mol. The number of rotatable bonds is 22. The van der Waals surface area contributed by atoms with E-state index in [4.69, 9.17) is 23.7 Å². The van der Waals surface area contributed by atoms with Gasteiger partial charge in [-0.2, -0.15) is 0 Å². The summed E-state index contributed by atoms with van der Waals surface area (Å²) < 4.78 is 29.2. The fourth-order valence-corrected chi connectivity index (χ4v) is 8.73. The zero-order valence-electron chi connectivity index (χ0n) is 30.7. The van der Waals surface area contributed by atoms with Crippen LogP contribution in [0.4, 0.5) is 0 Å². The predicted molar refractivity (Wildman–Crippen MR) is 181 cm³/mol. The first-order chi connectivity index (χ1) is 23.3. The Hall–Kier alpha value is -2.24. The van der Waals surface area contributed by atoms with Crippen molar-refractivity contribution >= 4 is 23.9 Å². The van der Waals surface area contributed by atoms with E-state index in [1.165, 1.54) is 0 Å². The molecule has 0 aromatic heterocycles. The van der Waals surface area contributed by atoms with Gasteiger partial charge in [0.05, 0.1) is 59.8 Å². The van der Waals surface area contributed by atoms with E-state index >= 15 is 0 Å². The third-order valence-corrected chi connectivity index (χ3v) is 12.0.